The van der Waals surface area contributed by atoms with Crippen molar-refractivity contribution in [1.29, 1.82) is 0 Å². The molecule has 0 bridgehead atoms. The molecule has 0 aromatic heterocycles. The van der Waals surface area contributed by atoms with E-state index in [1.54, 1.807) is 0 Å². The highest BCUT2D eigenvalue weighted by Crippen LogP contribution is 2.43. The Morgan fingerprint density at radius 2 is 1.93 bits per heavy atom. The largest absolute Gasteiger partial charge is 0.493 e. The van der Waals surface area contributed by atoms with Crippen LogP contribution in [0, 0.1) is 0 Å². The van der Waals surface area contributed by atoms with E-state index in [4.69, 9.17) is 15.6 Å². The molecule has 0 amide bonds. The van der Waals surface area contributed by atoms with Crippen LogP contribution in [0.2, 0.25) is 0 Å². The normalized spacial score (nSPS) is 17.7. The lowest BCUT2D eigenvalue weighted by molar-refractivity contribution is -0.137. The summed E-state index contributed by atoms with van der Waals surface area (Å²) >= 11 is 0. The van der Waals surface area contributed by atoms with Crippen molar-refractivity contribution in [1.82, 2.24) is 0 Å². The number of fused-ring (bicyclic) bond motifs is 4. The van der Waals surface area contributed by atoms with Gasteiger partial charge in [0.2, 0.25) is 0 Å². The Bertz CT molecular complexity index is 1040. The molecule has 0 spiro atoms. The summed E-state index contributed by atoms with van der Waals surface area (Å²) in [7, 11) is 0. The molecule has 3 aromatic carbocycles. The Morgan fingerprint density at radius 1 is 1.14 bits per heavy atom. The predicted octanol–water partition coefficient (Wildman–Crippen LogP) is 4.99. The van der Waals surface area contributed by atoms with Gasteiger partial charge in [-0.2, -0.15) is 0 Å². The highest BCUT2D eigenvalue weighted by atomic mass is 16.5. The third-order valence-corrected chi connectivity index (χ3v) is 5.92. The van der Waals surface area contributed by atoms with Crippen molar-refractivity contribution in [3.63, 3.8) is 0 Å². The van der Waals surface area contributed by atoms with E-state index >= 15 is 0 Å². The maximum atomic E-state index is 10.8. The molecule has 2 aliphatic rings. The number of nitrogens with two attached hydrogens (primary N) is 1. The zero-order valence-corrected chi connectivity index (χ0v) is 16.7. The summed E-state index contributed by atoms with van der Waals surface area (Å²) in [6, 6.07) is 18.8. The number of aryl methyl sites for hydroxylation is 1. The van der Waals surface area contributed by atoms with Gasteiger partial charge in [-0.1, -0.05) is 48.5 Å². The fraction of sp³-hybridized carbons (Fsp3) is 0.320. The lowest BCUT2D eigenvalue weighted by Gasteiger charge is -2.12. The zero-order chi connectivity index (χ0) is 20.4. The Hall–Kier alpha value is -2.85. The number of carbonyl (C=O) groups is 1. The monoisotopic (exact) mass is 389 g/mol. The van der Waals surface area contributed by atoms with Gasteiger partial charge in [-0.3, -0.25) is 4.79 Å². The second-order valence-electron chi connectivity index (χ2n) is 7.90. The van der Waals surface area contributed by atoms with E-state index in [2.05, 4.69) is 36.4 Å². The van der Waals surface area contributed by atoms with Crippen LogP contribution in [-0.2, 0) is 17.6 Å². The van der Waals surface area contributed by atoms with Gasteiger partial charge in [0.1, 0.15) is 5.75 Å². The summed E-state index contributed by atoms with van der Waals surface area (Å²) < 4.78 is 5.53. The highest BCUT2D eigenvalue weighted by molar-refractivity contribution is 5.86. The van der Waals surface area contributed by atoms with E-state index in [9.17, 15) is 4.79 Å². The summed E-state index contributed by atoms with van der Waals surface area (Å²) in [6.45, 7) is 2.76. The molecule has 0 radical (unpaired) electrons. The Labute approximate surface area is 171 Å². The third-order valence-electron chi connectivity index (χ3n) is 5.92. The molecule has 3 aromatic rings. The van der Waals surface area contributed by atoms with Crippen LogP contribution in [0.15, 0.2) is 54.6 Å². The summed E-state index contributed by atoms with van der Waals surface area (Å²) in [4.78, 5) is 10.8. The van der Waals surface area contributed by atoms with Crippen LogP contribution < -0.4 is 10.5 Å². The van der Waals surface area contributed by atoms with Crippen LogP contribution >= 0.6 is 0 Å². The Morgan fingerprint density at radius 3 is 2.72 bits per heavy atom. The number of benzene rings is 3. The number of ether oxygens (including phenoxy) is 1. The van der Waals surface area contributed by atoms with Crippen molar-refractivity contribution in [3.8, 4) is 5.75 Å². The lowest BCUT2D eigenvalue weighted by atomic mass is 9.92. The molecule has 0 saturated heterocycles. The first-order valence-electron chi connectivity index (χ1n) is 10.3. The second-order valence-corrected chi connectivity index (χ2v) is 7.90. The van der Waals surface area contributed by atoms with Gasteiger partial charge in [0.15, 0.2) is 0 Å². The molecule has 5 rings (SSSR count). The molecule has 150 valence electrons. The van der Waals surface area contributed by atoms with Crippen molar-refractivity contribution in [2.75, 3.05) is 6.61 Å². The Balaban J connectivity index is 0.000000145. The van der Waals surface area contributed by atoms with E-state index in [-0.39, 0.29) is 18.4 Å². The summed E-state index contributed by atoms with van der Waals surface area (Å²) in [5.41, 5.74) is 11.0. The quantitative estimate of drug-likeness (QED) is 0.662. The van der Waals surface area contributed by atoms with E-state index in [0.717, 1.165) is 31.6 Å². The van der Waals surface area contributed by atoms with Crippen LogP contribution in [0.25, 0.3) is 10.8 Å². The van der Waals surface area contributed by atoms with Gasteiger partial charge in [0, 0.05) is 18.0 Å². The molecule has 4 nitrogen and oxygen atoms in total. The molecule has 1 aliphatic heterocycles. The standard InChI is InChI=1S/C13H14O3.C12H13N/c14-12(15)7-9-2-1-8-3-4-11-10(13(8)9)5-6-16-11;1-9(13)11-8-4-6-10-5-2-3-7-12(10)11/h3-4,9H,1-2,5-7H2,(H,14,15);2-9H,13H2,1H3/t2*9-/m10/s1. The first kappa shape index (κ1) is 19.5. The van der Waals surface area contributed by atoms with Crippen LogP contribution in [-0.4, -0.2) is 17.7 Å². The topological polar surface area (TPSA) is 72.6 Å². The first-order chi connectivity index (χ1) is 14.0. The number of carboxylic acids is 1. The van der Waals surface area contributed by atoms with Crippen molar-refractivity contribution in [2.24, 2.45) is 5.73 Å². The maximum absolute atomic E-state index is 10.8. The van der Waals surface area contributed by atoms with Crippen molar-refractivity contribution >= 4 is 16.7 Å². The van der Waals surface area contributed by atoms with Crippen LogP contribution in [0.1, 0.15) is 54.0 Å². The zero-order valence-electron chi connectivity index (χ0n) is 16.7. The molecule has 4 heteroatoms. The average Bonchev–Trinajstić information content (AvgIpc) is 3.34. The minimum Gasteiger partial charge on any atom is -0.493 e. The van der Waals surface area contributed by atoms with Crippen molar-refractivity contribution < 1.29 is 14.6 Å². The van der Waals surface area contributed by atoms with Crippen molar-refractivity contribution in [2.45, 2.75) is 44.6 Å². The fourth-order valence-corrected chi connectivity index (χ4v) is 4.61. The molecule has 0 unspecified atom stereocenters. The van der Waals surface area contributed by atoms with Gasteiger partial charge >= 0.3 is 5.97 Å². The van der Waals surface area contributed by atoms with E-state index in [0.29, 0.717) is 0 Å². The summed E-state index contributed by atoms with van der Waals surface area (Å²) in [5, 5.41) is 11.4. The molecule has 1 aliphatic carbocycles. The number of carboxylic acid groups (broad SMARTS) is 1. The fourth-order valence-electron chi connectivity index (χ4n) is 4.61. The maximum Gasteiger partial charge on any atom is 0.303 e. The van der Waals surface area contributed by atoms with Gasteiger partial charge in [0.05, 0.1) is 13.0 Å². The molecule has 0 saturated carbocycles. The number of hydrogen-bond donors (Lipinski definition) is 2. The molecule has 1 heterocycles. The molecule has 2 atom stereocenters. The minimum atomic E-state index is -0.700. The third kappa shape index (κ3) is 3.99. The molecular weight excluding hydrogens is 362 g/mol. The smallest absolute Gasteiger partial charge is 0.303 e. The van der Waals surface area contributed by atoms with Gasteiger partial charge in [0.25, 0.3) is 0 Å². The lowest BCUT2D eigenvalue weighted by Crippen LogP contribution is -2.05. The predicted molar refractivity (Wildman–Crippen MR) is 116 cm³/mol. The minimum absolute atomic E-state index is 0.103. The summed E-state index contributed by atoms with van der Waals surface area (Å²) in [5.74, 6) is 0.467. The van der Waals surface area contributed by atoms with Crippen LogP contribution in [0.4, 0.5) is 0 Å². The van der Waals surface area contributed by atoms with Gasteiger partial charge in [-0.15, -0.1) is 0 Å². The van der Waals surface area contributed by atoms with E-state index < -0.39 is 5.97 Å². The van der Waals surface area contributed by atoms with E-state index in [1.165, 1.54) is 33.0 Å². The number of aliphatic carboxylic acids is 1. The van der Waals surface area contributed by atoms with Crippen LogP contribution in [0.5, 0.6) is 5.75 Å². The van der Waals surface area contributed by atoms with Gasteiger partial charge < -0.3 is 15.6 Å². The SMILES string of the molecule is C[C@H](N)c1cccc2ccccc12.O=C(O)C[C@H]1CCc2ccc3c(c21)CCO3. The van der Waals surface area contributed by atoms with Crippen molar-refractivity contribution in [3.05, 3.63) is 76.9 Å². The molecule has 29 heavy (non-hydrogen) atoms. The average molecular weight is 389 g/mol. The van der Waals surface area contributed by atoms with Gasteiger partial charge in [-0.25, -0.2) is 0 Å². The molecule has 0 fully saturated rings. The summed E-state index contributed by atoms with van der Waals surface area (Å²) in [6.07, 6.45) is 3.18. The Kier molecular flexibility index (Phi) is 5.54. The van der Waals surface area contributed by atoms with Crippen LogP contribution in [0.3, 0.4) is 0 Å². The first-order valence-corrected chi connectivity index (χ1v) is 10.3. The number of rotatable bonds is 3. The van der Waals surface area contributed by atoms with E-state index in [1.807, 2.05) is 25.1 Å². The highest BCUT2D eigenvalue weighted by Gasteiger charge is 2.30. The molecule has 3 N–H and O–H groups in total. The molecular formula is C25H27NO3. The van der Waals surface area contributed by atoms with Gasteiger partial charge in [-0.05, 0) is 59.2 Å². The second kappa shape index (κ2) is 8.26. The number of hydrogen-bond acceptors (Lipinski definition) is 3.